The number of carbonyl (C=O) groups excluding carboxylic acids is 3. The number of aromatic nitrogens is 1. The van der Waals surface area contributed by atoms with Gasteiger partial charge < -0.3 is 69.2 Å². The molecule has 0 bridgehead atoms. The van der Waals surface area contributed by atoms with Crippen molar-refractivity contribution < 1.29 is 57.4 Å². The fourth-order valence-corrected chi connectivity index (χ4v) is 10.4. The molecule has 2 saturated heterocycles. The van der Waals surface area contributed by atoms with Gasteiger partial charge in [-0.05, 0) is 99.0 Å². The largest absolute Gasteiger partial charge is 0.491 e. The average Bonchev–Trinajstić information content (AvgIpc) is 4.29. The zero-order valence-corrected chi connectivity index (χ0v) is 45.7. The molecule has 432 valence electrons. The summed E-state index contributed by atoms with van der Waals surface area (Å²) in [7, 11) is 0. The maximum absolute atomic E-state index is 13.6. The number of fused-ring (bicyclic) bond motifs is 3. The molecular formula is C56H79N9O14. The minimum absolute atomic E-state index is 0.0426. The number of ether oxygens (including phenoxy) is 7. The Morgan fingerprint density at radius 3 is 1.95 bits per heavy atom. The molecule has 0 saturated carbocycles. The number of nitrogens with one attached hydrogen (secondary N) is 5. The highest BCUT2D eigenvalue weighted by molar-refractivity contribution is 5.98. The monoisotopic (exact) mass is 1100 g/mol. The summed E-state index contributed by atoms with van der Waals surface area (Å²) in [4.78, 5) is 66.5. The molecule has 3 aliphatic heterocycles. The van der Waals surface area contributed by atoms with E-state index in [9.17, 15) is 34.6 Å². The van der Waals surface area contributed by atoms with Crippen LogP contribution in [0.1, 0.15) is 67.1 Å². The summed E-state index contributed by atoms with van der Waals surface area (Å²) in [6.45, 7) is 15.8. The summed E-state index contributed by atoms with van der Waals surface area (Å²) in [6.07, 6.45) is 4.55. The molecule has 1 spiro atoms. The predicted octanol–water partition coefficient (Wildman–Crippen LogP) is 5.84. The molecule has 4 heterocycles. The van der Waals surface area contributed by atoms with Crippen molar-refractivity contribution in [2.45, 2.75) is 57.8 Å². The molecule has 1 aromatic heterocycles. The van der Waals surface area contributed by atoms with E-state index in [0.29, 0.717) is 95.9 Å². The third kappa shape index (κ3) is 18.6. The van der Waals surface area contributed by atoms with Crippen molar-refractivity contribution in [1.29, 1.82) is 0 Å². The van der Waals surface area contributed by atoms with Gasteiger partial charge in [-0.3, -0.25) is 34.6 Å². The smallest absolute Gasteiger partial charge is 0.299 e. The molecule has 5 N–H and O–H groups in total. The van der Waals surface area contributed by atoms with Gasteiger partial charge in [0.25, 0.3) is 17.3 Å². The molecule has 3 aromatic carbocycles. The summed E-state index contributed by atoms with van der Waals surface area (Å²) in [5, 5.41) is 35.0. The van der Waals surface area contributed by atoms with Gasteiger partial charge in [-0.2, -0.15) is 0 Å². The molecule has 79 heavy (non-hydrogen) atoms. The summed E-state index contributed by atoms with van der Waals surface area (Å²) in [5.74, 6) is 1.47. The lowest BCUT2D eigenvalue weighted by atomic mass is 9.67. The molecule has 3 aliphatic rings. The topological polar surface area (TPSA) is 272 Å². The average molecular weight is 1100 g/mol. The second-order valence-electron chi connectivity index (χ2n) is 20.3. The van der Waals surface area contributed by atoms with Crippen molar-refractivity contribution in [2.24, 2.45) is 11.8 Å². The standard InChI is InChI=1S/C56H79N9O14/c1-41-3-7-47-50(35-41)60-40-56(47)14-21-62(39-42(56)2)18-11-43-12-19-63(20-13-43)55(68)51-36-44-4-6-46(38-49(44)61-51)79-34-33-78-32-31-77-30-27-75-24-17-59-54(67)10-9-53(66)58-16-23-74-26-29-76-28-25-73-22-15-57-48-8-5-45(64(69)70)37-52(48)65(71)72/h3-8,35-38,42-43,57,60-61H,9-34,39-40H2,1-2H3,(H,58,66)(H,59,67)/t42-,56+/m1/s1. The lowest BCUT2D eigenvalue weighted by Gasteiger charge is -2.45. The fraction of sp³-hybridized carbons (Fsp3) is 0.589. The van der Waals surface area contributed by atoms with Gasteiger partial charge in [-0.15, -0.1) is 0 Å². The first kappa shape index (κ1) is 60.2. The van der Waals surface area contributed by atoms with Gasteiger partial charge in [0.05, 0.1) is 95.2 Å². The number of amides is 3. The van der Waals surface area contributed by atoms with Gasteiger partial charge in [-0.25, -0.2) is 0 Å². The zero-order valence-electron chi connectivity index (χ0n) is 45.7. The number of carbonyl (C=O) groups is 3. The number of likely N-dealkylation sites (tertiary alicyclic amines) is 2. The number of hydrogen-bond donors (Lipinski definition) is 5. The summed E-state index contributed by atoms with van der Waals surface area (Å²) in [5.41, 5.74) is 5.26. The Bertz CT molecular complexity index is 2610. The van der Waals surface area contributed by atoms with Crippen molar-refractivity contribution in [1.82, 2.24) is 25.4 Å². The second-order valence-corrected chi connectivity index (χ2v) is 20.3. The minimum Gasteiger partial charge on any atom is -0.491 e. The number of nitro groups is 2. The molecule has 23 nitrogen and oxygen atoms in total. The Morgan fingerprint density at radius 2 is 1.33 bits per heavy atom. The Kier molecular flexibility index (Phi) is 23.9. The van der Waals surface area contributed by atoms with E-state index < -0.39 is 15.5 Å². The maximum atomic E-state index is 13.6. The zero-order chi connectivity index (χ0) is 55.8. The van der Waals surface area contributed by atoms with Crippen molar-refractivity contribution >= 4 is 51.4 Å². The number of nitro benzene ring substituents is 2. The van der Waals surface area contributed by atoms with Crippen LogP contribution < -0.4 is 26.0 Å². The van der Waals surface area contributed by atoms with Crippen LogP contribution in [0.3, 0.4) is 0 Å². The fourth-order valence-electron chi connectivity index (χ4n) is 10.4. The number of aryl methyl sites for hydroxylation is 1. The maximum Gasteiger partial charge on any atom is 0.299 e. The molecular weight excluding hydrogens is 1020 g/mol. The van der Waals surface area contributed by atoms with E-state index in [0.717, 1.165) is 69.1 Å². The van der Waals surface area contributed by atoms with Gasteiger partial charge >= 0.3 is 0 Å². The molecule has 0 aliphatic carbocycles. The van der Waals surface area contributed by atoms with Crippen molar-refractivity contribution in [3.63, 3.8) is 0 Å². The van der Waals surface area contributed by atoms with E-state index in [-0.39, 0.29) is 80.3 Å². The first-order valence-electron chi connectivity index (χ1n) is 27.7. The van der Waals surface area contributed by atoms with Crippen molar-refractivity contribution in [2.75, 3.05) is 155 Å². The minimum atomic E-state index is -0.694. The normalized spacial score (nSPS) is 17.4. The van der Waals surface area contributed by atoms with E-state index in [1.165, 1.54) is 41.8 Å². The van der Waals surface area contributed by atoms with Gasteiger partial charge in [0.1, 0.15) is 23.7 Å². The Morgan fingerprint density at radius 1 is 0.709 bits per heavy atom. The SMILES string of the molecule is Cc1ccc2c(c1)NC[C@]21CCN(CCC2CCN(C(=O)c3cc4ccc(OCCOCCOCCOCCNC(=O)CCC(=O)NCCOCCOCCOCCNc5ccc([N+](=O)[O-])cc5[N+](=O)[O-])cc4[nH]3)CC2)C[C@H]1C. The highest BCUT2D eigenvalue weighted by atomic mass is 16.6. The highest BCUT2D eigenvalue weighted by Gasteiger charge is 2.46. The molecule has 2 fully saturated rings. The number of benzene rings is 3. The van der Waals surface area contributed by atoms with Crippen molar-refractivity contribution in [3.8, 4) is 5.75 Å². The second kappa shape index (κ2) is 31.4. The van der Waals surface area contributed by atoms with Crippen LogP contribution in [-0.4, -0.2) is 187 Å². The van der Waals surface area contributed by atoms with Crippen LogP contribution in [0, 0.1) is 39.0 Å². The Hall–Kier alpha value is -6.47. The van der Waals surface area contributed by atoms with Gasteiger partial charge in [0.15, 0.2) is 0 Å². The van der Waals surface area contributed by atoms with E-state index in [1.54, 1.807) is 0 Å². The number of piperidine rings is 2. The molecule has 23 heteroatoms. The molecule has 4 aromatic rings. The number of anilines is 2. The predicted molar refractivity (Wildman–Crippen MR) is 297 cm³/mol. The molecule has 0 unspecified atom stereocenters. The van der Waals surface area contributed by atoms with E-state index in [4.69, 9.17) is 33.2 Å². The first-order chi connectivity index (χ1) is 38.4. The molecule has 0 radical (unpaired) electrons. The molecule has 3 amide bonds. The number of non-ortho nitro benzene ring substituents is 1. The third-order valence-electron chi connectivity index (χ3n) is 14.9. The third-order valence-corrected chi connectivity index (χ3v) is 14.9. The van der Waals surface area contributed by atoms with Crippen LogP contribution in [0.2, 0.25) is 0 Å². The lowest BCUT2D eigenvalue weighted by Crippen LogP contribution is -2.50. The number of hydrogen-bond acceptors (Lipinski definition) is 17. The van der Waals surface area contributed by atoms with Crippen molar-refractivity contribution in [3.05, 3.63) is 97.7 Å². The quantitative estimate of drug-likeness (QED) is 0.0206. The summed E-state index contributed by atoms with van der Waals surface area (Å²) < 4.78 is 39.0. The van der Waals surface area contributed by atoms with Crippen LogP contribution in [0.25, 0.3) is 10.9 Å². The van der Waals surface area contributed by atoms with Gasteiger partial charge in [0, 0.05) is 92.8 Å². The van der Waals surface area contributed by atoms with Crippen LogP contribution in [0.4, 0.5) is 22.7 Å². The van der Waals surface area contributed by atoms with Crippen LogP contribution in [0.15, 0.2) is 60.7 Å². The summed E-state index contributed by atoms with van der Waals surface area (Å²) >= 11 is 0. The van der Waals surface area contributed by atoms with E-state index in [1.807, 2.05) is 29.2 Å². The van der Waals surface area contributed by atoms with E-state index in [2.05, 4.69) is 63.2 Å². The summed E-state index contributed by atoms with van der Waals surface area (Å²) in [6, 6.07) is 18.0. The van der Waals surface area contributed by atoms with Gasteiger partial charge in [-0.1, -0.05) is 19.1 Å². The van der Waals surface area contributed by atoms with Crippen LogP contribution in [-0.2, 0) is 43.4 Å². The number of H-pyrrole nitrogens is 1. The lowest BCUT2D eigenvalue weighted by molar-refractivity contribution is -0.393. The molecule has 7 rings (SSSR count). The van der Waals surface area contributed by atoms with Gasteiger partial charge in [0.2, 0.25) is 11.8 Å². The number of nitrogens with zero attached hydrogens (tertiary/aromatic N) is 4. The number of rotatable bonds is 35. The van der Waals surface area contributed by atoms with Crippen LogP contribution in [0.5, 0.6) is 5.75 Å². The van der Waals surface area contributed by atoms with E-state index >= 15 is 0 Å². The first-order valence-corrected chi connectivity index (χ1v) is 27.7. The highest BCUT2D eigenvalue weighted by Crippen LogP contribution is 2.47. The molecule has 2 atom stereocenters. The van der Waals surface area contributed by atoms with Crippen LogP contribution >= 0.6 is 0 Å². The Balaban J connectivity index is 0.613. The number of aromatic amines is 1. The Labute approximate surface area is 461 Å².